The van der Waals surface area contributed by atoms with Crippen molar-refractivity contribution in [2.24, 2.45) is 28.3 Å². The number of carbonyl (C=O) groups excluding carboxylic acids is 1. The lowest BCUT2D eigenvalue weighted by Gasteiger charge is -2.55. The highest BCUT2D eigenvalue weighted by Crippen LogP contribution is 2.60. The van der Waals surface area contributed by atoms with Crippen molar-refractivity contribution in [1.82, 2.24) is 10.4 Å². The molecule has 1 aromatic carbocycles. The number of para-hydroxylation sites is 1. The molecule has 4 aliphatic carbocycles. The number of nitrogens with one attached hydrogen (secondary N) is 2. The molecule has 4 bridgehead atoms. The van der Waals surface area contributed by atoms with E-state index in [1.807, 2.05) is 24.4 Å². The van der Waals surface area contributed by atoms with Gasteiger partial charge in [-0.15, -0.1) is 0 Å². The molecule has 0 unspecified atom stereocenters. The summed E-state index contributed by atoms with van der Waals surface area (Å²) in [5.41, 5.74) is 4.83. The number of hydrogen-bond acceptors (Lipinski definition) is 2. The van der Waals surface area contributed by atoms with Gasteiger partial charge in [0, 0.05) is 22.7 Å². The lowest BCUT2D eigenvalue weighted by molar-refractivity contribution is -0.146. The van der Waals surface area contributed by atoms with Crippen LogP contribution < -0.4 is 5.43 Å². The third-order valence-corrected chi connectivity index (χ3v) is 6.51. The van der Waals surface area contributed by atoms with Crippen molar-refractivity contribution in [3.8, 4) is 0 Å². The average molecular weight is 321 g/mol. The Labute approximate surface area is 141 Å². The van der Waals surface area contributed by atoms with Crippen molar-refractivity contribution < 1.29 is 4.79 Å². The van der Waals surface area contributed by atoms with E-state index in [2.05, 4.69) is 21.6 Å². The third kappa shape index (κ3) is 2.20. The Morgan fingerprint density at radius 2 is 1.79 bits per heavy atom. The summed E-state index contributed by atoms with van der Waals surface area (Å²) in [5.74, 6) is 2.48. The monoisotopic (exact) mass is 321 g/mol. The van der Waals surface area contributed by atoms with Crippen molar-refractivity contribution in [3.05, 3.63) is 36.0 Å². The number of H-pyrrole nitrogens is 1. The van der Waals surface area contributed by atoms with Crippen LogP contribution in [0.15, 0.2) is 35.6 Å². The maximum atomic E-state index is 12.9. The van der Waals surface area contributed by atoms with Gasteiger partial charge in [0.15, 0.2) is 0 Å². The number of carbonyl (C=O) groups is 1. The van der Waals surface area contributed by atoms with Gasteiger partial charge in [-0.1, -0.05) is 18.2 Å². The molecule has 2 aromatic rings. The summed E-state index contributed by atoms with van der Waals surface area (Å²) in [4.78, 5) is 16.1. The largest absolute Gasteiger partial charge is 0.361 e. The zero-order valence-electron chi connectivity index (χ0n) is 13.8. The van der Waals surface area contributed by atoms with Gasteiger partial charge in [0.1, 0.15) is 0 Å². The predicted molar refractivity (Wildman–Crippen MR) is 94.6 cm³/mol. The van der Waals surface area contributed by atoms with E-state index in [0.717, 1.165) is 53.5 Å². The van der Waals surface area contributed by atoms with E-state index in [1.54, 1.807) is 6.21 Å². The molecular weight excluding hydrogens is 298 g/mol. The fraction of sp³-hybridized carbons (Fsp3) is 0.500. The van der Waals surface area contributed by atoms with Crippen LogP contribution in [0, 0.1) is 23.2 Å². The van der Waals surface area contributed by atoms with Crippen molar-refractivity contribution in [1.29, 1.82) is 0 Å². The Bertz CT molecular complexity index is 784. The first-order chi connectivity index (χ1) is 11.7. The second-order valence-electron chi connectivity index (χ2n) is 8.19. The summed E-state index contributed by atoms with van der Waals surface area (Å²) in [6.45, 7) is 0. The molecule has 1 amide bonds. The topological polar surface area (TPSA) is 57.2 Å². The molecule has 1 aromatic heterocycles. The maximum absolute atomic E-state index is 12.9. The highest BCUT2D eigenvalue weighted by Gasteiger charge is 2.54. The molecule has 4 saturated carbocycles. The number of benzene rings is 1. The molecule has 0 radical (unpaired) electrons. The SMILES string of the molecule is O=C(N/N=C/c1c[nH]c2ccccc12)C12CC3CC(CC(C3)C1)C2. The van der Waals surface area contributed by atoms with Gasteiger partial charge in [0.05, 0.1) is 11.6 Å². The molecule has 4 heteroatoms. The molecule has 4 nitrogen and oxygen atoms in total. The normalized spacial score (nSPS) is 34.2. The maximum Gasteiger partial charge on any atom is 0.246 e. The van der Waals surface area contributed by atoms with Gasteiger partial charge in [-0.3, -0.25) is 4.79 Å². The second kappa shape index (κ2) is 5.20. The first-order valence-electron chi connectivity index (χ1n) is 9.11. The summed E-state index contributed by atoms with van der Waals surface area (Å²) >= 11 is 0. The smallest absolute Gasteiger partial charge is 0.246 e. The van der Waals surface area contributed by atoms with E-state index in [4.69, 9.17) is 0 Å². The second-order valence-corrected chi connectivity index (χ2v) is 8.19. The van der Waals surface area contributed by atoms with Crippen LogP contribution in [0.3, 0.4) is 0 Å². The number of aromatic amines is 1. The van der Waals surface area contributed by atoms with Gasteiger partial charge >= 0.3 is 0 Å². The van der Waals surface area contributed by atoms with Crippen LogP contribution in [0.2, 0.25) is 0 Å². The Morgan fingerprint density at radius 1 is 1.12 bits per heavy atom. The number of hydrazone groups is 1. The fourth-order valence-corrected chi connectivity index (χ4v) is 5.87. The third-order valence-electron chi connectivity index (χ3n) is 6.51. The van der Waals surface area contributed by atoms with Crippen LogP contribution in [0.4, 0.5) is 0 Å². The zero-order valence-corrected chi connectivity index (χ0v) is 13.8. The van der Waals surface area contributed by atoms with Crippen molar-refractivity contribution in [3.63, 3.8) is 0 Å². The minimum absolute atomic E-state index is 0.133. The van der Waals surface area contributed by atoms with Crippen LogP contribution in [0.25, 0.3) is 10.9 Å². The van der Waals surface area contributed by atoms with Gasteiger partial charge in [-0.2, -0.15) is 5.10 Å². The first kappa shape index (κ1) is 14.3. The average Bonchev–Trinajstić information content (AvgIpc) is 2.97. The van der Waals surface area contributed by atoms with Crippen LogP contribution in [0.5, 0.6) is 0 Å². The Hall–Kier alpha value is -2.10. The molecule has 124 valence electrons. The minimum atomic E-state index is -0.133. The van der Waals surface area contributed by atoms with Crippen LogP contribution in [-0.2, 0) is 4.79 Å². The minimum Gasteiger partial charge on any atom is -0.361 e. The van der Waals surface area contributed by atoms with E-state index in [9.17, 15) is 4.79 Å². The highest BCUT2D eigenvalue weighted by atomic mass is 16.2. The van der Waals surface area contributed by atoms with Crippen molar-refractivity contribution in [2.75, 3.05) is 0 Å². The molecule has 1 heterocycles. The molecular formula is C20H23N3O. The molecule has 0 saturated heterocycles. The van der Waals surface area contributed by atoms with E-state index in [0.29, 0.717) is 0 Å². The molecule has 2 N–H and O–H groups in total. The molecule has 4 aliphatic rings. The number of rotatable bonds is 3. The van der Waals surface area contributed by atoms with Gasteiger partial charge < -0.3 is 4.98 Å². The van der Waals surface area contributed by atoms with E-state index in [-0.39, 0.29) is 11.3 Å². The molecule has 4 fully saturated rings. The molecule has 6 rings (SSSR count). The first-order valence-corrected chi connectivity index (χ1v) is 9.11. The number of fused-ring (bicyclic) bond motifs is 1. The lowest BCUT2D eigenvalue weighted by Crippen LogP contribution is -2.52. The Kier molecular flexibility index (Phi) is 3.09. The lowest BCUT2D eigenvalue weighted by atomic mass is 9.49. The van der Waals surface area contributed by atoms with E-state index in [1.165, 1.54) is 19.3 Å². The molecule has 0 spiro atoms. The number of aromatic nitrogens is 1. The summed E-state index contributed by atoms with van der Waals surface area (Å²) in [6.07, 6.45) is 11.0. The van der Waals surface area contributed by atoms with Crippen molar-refractivity contribution in [2.45, 2.75) is 38.5 Å². The number of amides is 1. The van der Waals surface area contributed by atoms with E-state index >= 15 is 0 Å². The fourth-order valence-electron chi connectivity index (χ4n) is 5.87. The molecule has 24 heavy (non-hydrogen) atoms. The summed E-state index contributed by atoms with van der Waals surface area (Å²) in [7, 11) is 0. The van der Waals surface area contributed by atoms with Gasteiger partial charge in [-0.25, -0.2) is 5.43 Å². The molecule has 0 atom stereocenters. The van der Waals surface area contributed by atoms with Crippen LogP contribution in [-0.4, -0.2) is 17.1 Å². The highest BCUT2D eigenvalue weighted by molar-refractivity contribution is 5.99. The summed E-state index contributed by atoms with van der Waals surface area (Å²) in [5, 5.41) is 5.41. The van der Waals surface area contributed by atoms with E-state index < -0.39 is 0 Å². The molecule has 0 aliphatic heterocycles. The Morgan fingerprint density at radius 3 is 2.50 bits per heavy atom. The van der Waals surface area contributed by atoms with Gasteiger partial charge in [-0.05, 0) is 62.3 Å². The van der Waals surface area contributed by atoms with Crippen LogP contribution in [0.1, 0.15) is 44.1 Å². The van der Waals surface area contributed by atoms with Crippen molar-refractivity contribution >= 4 is 23.0 Å². The van der Waals surface area contributed by atoms with Gasteiger partial charge in [0.2, 0.25) is 5.91 Å². The summed E-state index contributed by atoms with van der Waals surface area (Å²) < 4.78 is 0. The quantitative estimate of drug-likeness (QED) is 0.655. The predicted octanol–water partition coefficient (Wildman–Crippen LogP) is 3.83. The zero-order chi connectivity index (χ0) is 16.1. The standard InChI is InChI=1S/C20H23N3O/c24-19(20-8-13-5-14(9-20)7-15(6-13)10-20)23-22-12-16-11-21-18-4-2-1-3-17(16)18/h1-4,11-15,21H,5-10H2,(H,23,24)/b22-12+. The summed E-state index contributed by atoms with van der Waals surface area (Å²) in [6, 6.07) is 8.13. The number of hydrogen-bond donors (Lipinski definition) is 2. The van der Waals surface area contributed by atoms with Crippen LogP contribution >= 0.6 is 0 Å². The Balaban J connectivity index is 1.32. The number of nitrogens with zero attached hydrogens (tertiary/aromatic N) is 1. The van der Waals surface area contributed by atoms with Gasteiger partial charge in [0.25, 0.3) is 0 Å².